The second-order valence-electron chi connectivity index (χ2n) is 5.66. The number of amides is 3. The van der Waals surface area contributed by atoms with Crippen molar-refractivity contribution in [2.45, 2.75) is 38.9 Å². The highest BCUT2D eigenvalue weighted by Gasteiger charge is 2.27. The van der Waals surface area contributed by atoms with Crippen molar-refractivity contribution in [2.75, 3.05) is 18.8 Å². The Morgan fingerprint density at radius 1 is 1.14 bits per heavy atom. The Labute approximate surface area is 128 Å². The molecule has 0 aliphatic carbocycles. The molecule has 6 nitrogen and oxygen atoms in total. The van der Waals surface area contributed by atoms with E-state index < -0.39 is 17.9 Å². The summed E-state index contributed by atoms with van der Waals surface area (Å²) in [6, 6.07) is -0.462. The first kappa shape index (κ1) is 17.6. The molecule has 1 aliphatic heterocycles. The van der Waals surface area contributed by atoms with Crippen LogP contribution in [0.3, 0.4) is 0 Å². The fourth-order valence-electron chi connectivity index (χ4n) is 1.82. The van der Waals surface area contributed by atoms with E-state index in [4.69, 9.17) is 5.11 Å². The van der Waals surface area contributed by atoms with E-state index in [-0.39, 0.29) is 15.9 Å². The monoisotopic (exact) mass is 314 g/mol. The van der Waals surface area contributed by atoms with Gasteiger partial charge in [-0.3, -0.25) is 10.1 Å². The molecule has 1 rings (SSSR count). The molecular formula is C14H22N2O4S. The van der Waals surface area contributed by atoms with Gasteiger partial charge in [0, 0.05) is 34.7 Å². The van der Waals surface area contributed by atoms with Gasteiger partial charge in [0.05, 0.1) is 0 Å². The van der Waals surface area contributed by atoms with Crippen molar-refractivity contribution in [3.63, 3.8) is 0 Å². The number of hydrogen-bond donors (Lipinski definition) is 2. The Balaban J connectivity index is 2.67. The maximum absolute atomic E-state index is 12.1. The third kappa shape index (κ3) is 5.08. The predicted octanol–water partition coefficient (Wildman–Crippen LogP) is 1.86. The average Bonchev–Trinajstić information content (AvgIpc) is 2.57. The lowest BCUT2D eigenvalue weighted by Crippen LogP contribution is -2.44. The molecule has 0 atom stereocenters. The van der Waals surface area contributed by atoms with E-state index in [1.54, 1.807) is 16.7 Å². The van der Waals surface area contributed by atoms with Crippen molar-refractivity contribution >= 4 is 29.7 Å². The second kappa shape index (κ2) is 6.98. The first-order valence-electron chi connectivity index (χ1n) is 6.79. The minimum Gasteiger partial charge on any atom is -0.478 e. The number of imide groups is 1. The maximum atomic E-state index is 12.1. The highest BCUT2D eigenvalue weighted by atomic mass is 32.2. The number of carbonyl (C=O) groups excluding carboxylic acids is 2. The summed E-state index contributed by atoms with van der Waals surface area (Å²) in [6.07, 6.45) is 0.849. The molecule has 1 aliphatic rings. The summed E-state index contributed by atoms with van der Waals surface area (Å²) in [5, 5.41) is 11.1. The lowest BCUT2D eigenvalue weighted by molar-refractivity contribution is -0.133. The molecule has 0 saturated carbocycles. The van der Waals surface area contributed by atoms with Crippen LogP contribution in [0.2, 0.25) is 0 Å². The molecule has 7 heteroatoms. The van der Waals surface area contributed by atoms with E-state index in [2.05, 4.69) is 19.2 Å². The summed E-state index contributed by atoms with van der Waals surface area (Å²) in [5.74, 6) is -1.00. The molecule has 118 valence electrons. The van der Waals surface area contributed by atoms with Crippen LogP contribution in [-0.2, 0) is 9.59 Å². The Morgan fingerprint density at radius 3 is 2.33 bits per heavy atom. The van der Waals surface area contributed by atoms with E-state index in [1.807, 2.05) is 0 Å². The fraction of sp³-hybridized carbons (Fsp3) is 0.643. The molecule has 1 heterocycles. The number of hydrogen-bond acceptors (Lipinski definition) is 4. The topological polar surface area (TPSA) is 86.7 Å². The number of nitrogens with one attached hydrogen (secondary N) is 1. The molecule has 3 amide bonds. The van der Waals surface area contributed by atoms with Crippen LogP contribution in [0.25, 0.3) is 0 Å². The summed E-state index contributed by atoms with van der Waals surface area (Å²) >= 11 is 1.80. The smallest absolute Gasteiger partial charge is 0.331 e. The van der Waals surface area contributed by atoms with Gasteiger partial charge < -0.3 is 10.0 Å². The first-order valence-corrected chi connectivity index (χ1v) is 7.77. The van der Waals surface area contributed by atoms with Gasteiger partial charge in [-0.25, -0.2) is 9.59 Å². The number of rotatable bonds is 2. The number of thioether (sulfide) groups is 1. The minimum atomic E-state index is -1.16. The van der Waals surface area contributed by atoms with E-state index in [9.17, 15) is 14.4 Å². The van der Waals surface area contributed by atoms with Crippen molar-refractivity contribution in [2.24, 2.45) is 0 Å². The van der Waals surface area contributed by atoms with Crippen LogP contribution in [-0.4, -0.2) is 51.5 Å². The maximum Gasteiger partial charge on any atom is 0.331 e. The first-order chi connectivity index (χ1) is 9.64. The van der Waals surface area contributed by atoms with Gasteiger partial charge in [0.15, 0.2) is 0 Å². The largest absolute Gasteiger partial charge is 0.478 e. The minimum absolute atomic E-state index is 0.0420. The van der Waals surface area contributed by atoms with Gasteiger partial charge in [-0.1, -0.05) is 13.8 Å². The number of carboxylic acid groups (broad SMARTS) is 1. The van der Waals surface area contributed by atoms with Crippen LogP contribution in [0.1, 0.15) is 34.1 Å². The number of aliphatic carboxylic acids is 1. The van der Waals surface area contributed by atoms with Gasteiger partial charge >= 0.3 is 12.0 Å². The van der Waals surface area contributed by atoms with Crippen LogP contribution < -0.4 is 5.32 Å². The van der Waals surface area contributed by atoms with Gasteiger partial charge in [-0.15, -0.1) is 0 Å². The summed E-state index contributed by atoms with van der Waals surface area (Å²) in [6.45, 7) is 8.16. The van der Waals surface area contributed by atoms with Crippen LogP contribution in [0.5, 0.6) is 0 Å². The van der Waals surface area contributed by atoms with E-state index in [0.29, 0.717) is 13.1 Å². The SMILES string of the molecule is CC(C(=O)O)=C(C)C(=O)NC(=O)N1CCSC(C)(C)CC1. The number of nitrogens with zero attached hydrogens (tertiary/aromatic N) is 1. The molecule has 0 unspecified atom stereocenters. The molecule has 0 bridgehead atoms. The molecule has 1 fully saturated rings. The lowest BCUT2D eigenvalue weighted by Gasteiger charge is -2.22. The van der Waals surface area contributed by atoms with Crippen molar-refractivity contribution in [3.05, 3.63) is 11.1 Å². The van der Waals surface area contributed by atoms with Crippen LogP contribution in [0.15, 0.2) is 11.1 Å². The third-order valence-electron chi connectivity index (χ3n) is 3.57. The fourth-order valence-corrected chi connectivity index (χ4v) is 2.92. The van der Waals surface area contributed by atoms with Crippen molar-refractivity contribution in [1.82, 2.24) is 10.2 Å². The quantitative estimate of drug-likeness (QED) is 0.760. The summed E-state index contributed by atoms with van der Waals surface area (Å²) in [5.41, 5.74) is -0.0202. The van der Waals surface area contributed by atoms with Gasteiger partial charge in [-0.05, 0) is 20.3 Å². The van der Waals surface area contributed by atoms with Crippen molar-refractivity contribution < 1.29 is 19.5 Å². The molecule has 1 saturated heterocycles. The predicted molar refractivity (Wildman–Crippen MR) is 82.3 cm³/mol. The number of carboxylic acids is 1. The van der Waals surface area contributed by atoms with Crippen molar-refractivity contribution in [3.8, 4) is 0 Å². The third-order valence-corrected chi connectivity index (χ3v) is 4.94. The molecule has 21 heavy (non-hydrogen) atoms. The Kier molecular flexibility index (Phi) is 5.83. The highest BCUT2D eigenvalue weighted by Crippen LogP contribution is 2.30. The Morgan fingerprint density at radius 2 is 1.76 bits per heavy atom. The Bertz CT molecular complexity index is 485. The highest BCUT2D eigenvalue weighted by molar-refractivity contribution is 8.00. The van der Waals surface area contributed by atoms with Gasteiger partial charge in [-0.2, -0.15) is 11.8 Å². The zero-order valence-corrected chi connectivity index (χ0v) is 13.7. The zero-order valence-electron chi connectivity index (χ0n) is 12.9. The molecule has 0 aromatic rings. The molecule has 0 spiro atoms. The molecule has 0 aromatic heterocycles. The van der Waals surface area contributed by atoms with E-state index >= 15 is 0 Å². The van der Waals surface area contributed by atoms with Crippen LogP contribution >= 0.6 is 11.8 Å². The average molecular weight is 314 g/mol. The normalized spacial score (nSPS) is 19.3. The summed E-state index contributed by atoms with van der Waals surface area (Å²) < 4.78 is 0.120. The van der Waals surface area contributed by atoms with Gasteiger partial charge in [0.25, 0.3) is 5.91 Å². The zero-order chi connectivity index (χ0) is 16.2. The van der Waals surface area contributed by atoms with Crippen LogP contribution in [0.4, 0.5) is 4.79 Å². The molecule has 0 radical (unpaired) electrons. The number of urea groups is 1. The number of carbonyl (C=O) groups is 3. The standard InChI is InChI=1S/C14H22N2O4S/c1-9(10(2)12(18)19)11(17)15-13(20)16-6-5-14(3,4)21-8-7-16/h5-8H2,1-4H3,(H,18,19)(H,15,17,20). The van der Waals surface area contributed by atoms with E-state index in [1.165, 1.54) is 13.8 Å². The van der Waals surface area contributed by atoms with Gasteiger partial charge in [0.2, 0.25) is 0 Å². The van der Waals surface area contributed by atoms with Crippen LogP contribution in [0, 0.1) is 0 Å². The molecule has 2 N–H and O–H groups in total. The molecular weight excluding hydrogens is 292 g/mol. The van der Waals surface area contributed by atoms with E-state index in [0.717, 1.165) is 12.2 Å². The summed E-state index contributed by atoms with van der Waals surface area (Å²) in [4.78, 5) is 36.4. The lowest BCUT2D eigenvalue weighted by atomic mass is 10.1. The molecule has 0 aromatic carbocycles. The van der Waals surface area contributed by atoms with Gasteiger partial charge in [0.1, 0.15) is 0 Å². The summed E-state index contributed by atoms with van der Waals surface area (Å²) in [7, 11) is 0. The Hall–Kier alpha value is -1.50. The van der Waals surface area contributed by atoms with Crippen molar-refractivity contribution in [1.29, 1.82) is 0 Å². The second-order valence-corrected chi connectivity index (χ2v) is 7.46.